The zero-order valence-electron chi connectivity index (χ0n) is 12.8. The minimum absolute atomic E-state index is 0.0201. The van der Waals surface area contributed by atoms with Crippen LogP contribution in [0.4, 0.5) is 30.6 Å². The summed E-state index contributed by atoms with van der Waals surface area (Å²) in [5.74, 6) is -0.0753. The molecule has 0 aliphatic rings. The Morgan fingerprint density at radius 3 is 2.43 bits per heavy atom. The third kappa shape index (κ3) is 4.48. The van der Waals surface area contributed by atoms with E-state index in [4.69, 9.17) is 11.6 Å². The highest BCUT2D eigenvalue weighted by molar-refractivity contribution is 6.33. The van der Waals surface area contributed by atoms with Crippen LogP contribution < -0.4 is 10.6 Å². The number of aromatic nitrogens is 2. The molecule has 0 aliphatic heterocycles. The summed E-state index contributed by atoms with van der Waals surface area (Å²) in [6.45, 7) is 5.37. The van der Waals surface area contributed by atoms with Gasteiger partial charge in [-0.2, -0.15) is 18.2 Å². The largest absolute Gasteiger partial charge is 0.433 e. The maximum atomic E-state index is 13.0. The van der Waals surface area contributed by atoms with Crippen LogP contribution in [0, 0.1) is 6.92 Å². The smallest absolute Gasteiger partial charge is 0.352 e. The Bertz CT molecular complexity index is 681. The van der Waals surface area contributed by atoms with Crippen molar-refractivity contribution >= 4 is 29.1 Å². The number of nitrogens with one attached hydrogen (secondary N) is 2. The van der Waals surface area contributed by atoms with Crippen molar-refractivity contribution in [1.82, 2.24) is 9.97 Å². The quantitative estimate of drug-likeness (QED) is 0.817. The zero-order valence-corrected chi connectivity index (χ0v) is 13.5. The van der Waals surface area contributed by atoms with E-state index in [1.807, 2.05) is 0 Å². The number of hydrogen-bond acceptors (Lipinski definition) is 4. The summed E-state index contributed by atoms with van der Waals surface area (Å²) < 4.78 is 39.0. The molecule has 0 bridgehead atoms. The van der Waals surface area contributed by atoms with Gasteiger partial charge in [-0.15, -0.1) is 0 Å². The number of benzene rings is 1. The lowest BCUT2D eigenvalue weighted by Gasteiger charge is -2.15. The highest BCUT2D eigenvalue weighted by Gasteiger charge is 2.34. The molecule has 0 fully saturated rings. The van der Waals surface area contributed by atoms with Gasteiger partial charge in [0, 0.05) is 12.1 Å². The van der Waals surface area contributed by atoms with Gasteiger partial charge >= 0.3 is 6.18 Å². The summed E-state index contributed by atoms with van der Waals surface area (Å²) in [4.78, 5) is 7.58. The second-order valence-electron chi connectivity index (χ2n) is 5.32. The molecule has 124 valence electrons. The molecule has 0 unspecified atom stereocenters. The van der Waals surface area contributed by atoms with Crippen molar-refractivity contribution in [2.45, 2.75) is 33.0 Å². The average Bonchev–Trinajstić information content (AvgIpc) is 2.41. The number of nitrogens with zero attached hydrogens (tertiary/aromatic N) is 2. The van der Waals surface area contributed by atoms with Gasteiger partial charge in [-0.1, -0.05) is 23.7 Å². The average molecular weight is 345 g/mol. The molecule has 1 aromatic heterocycles. The zero-order chi connectivity index (χ0) is 17.2. The third-order valence-electron chi connectivity index (χ3n) is 2.91. The fraction of sp³-hybridized carbons (Fsp3) is 0.333. The van der Waals surface area contributed by atoms with Crippen molar-refractivity contribution in [3.63, 3.8) is 0 Å². The molecule has 0 atom stereocenters. The van der Waals surface area contributed by atoms with Gasteiger partial charge in [0.15, 0.2) is 5.69 Å². The van der Waals surface area contributed by atoms with Gasteiger partial charge in [0.2, 0.25) is 5.95 Å². The molecule has 2 aromatic rings. The molecule has 0 spiro atoms. The number of anilines is 3. The Labute approximate surface area is 137 Å². The van der Waals surface area contributed by atoms with Gasteiger partial charge in [-0.05, 0) is 32.4 Å². The van der Waals surface area contributed by atoms with Crippen LogP contribution >= 0.6 is 11.6 Å². The number of para-hydroxylation sites is 1. The van der Waals surface area contributed by atoms with Crippen molar-refractivity contribution in [2.24, 2.45) is 0 Å². The summed E-state index contributed by atoms with van der Waals surface area (Å²) in [7, 11) is 0. The van der Waals surface area contributed by atoms with E-state index in [-0.39, 0.29) is 17.8 Å². The number of halogens is 4. The first-order valence-electron chi connectivity index (χ1n) is 6.92. The van der Waals surface area contributed by atoms with E-state index in [1.54, 1.807) is 39.0 Å². The summed E-state index contributed by atoms with van der Waals surface area (Å²) in [6, 6.07) is 5.96. The molecule has 0 saturated carbocycles. The lowest BCUT2D eigenvalue weighted by atomic mass is 10.2. The molecular formula is C15H16ClF3N4. The Balaban J connectivity index is 2.45. The van der Waals surface area contributed by atoms with Crippen LogP contribution in [0.1, 0.15) is 25.1 Å². The van der Waals surface area contributed by atoms with E-state index in [0.717, 1.165) is 11.6 Å². The van der Waals surface area contributed by atoms with Gasteiger partial charge in [0.25, 0.3) is 0 Å². The normalized spacial score (nSPS) is 11.7. The van der Waals surface area contributed by atoms with Gasteiger partial charge in [-0.3, -0.25) is 0 Å². The van der Waals surface area contributed by atoms with Crippen LogP contribution in [0.5, 0.6) is 0 Å². The summed E-state index contributed by atoms with van der Waals surface area (Å²) in [5, 5.41) is 6.02. The molecule has 8 heteroatoms. The van der Waals surface area contributed by atoms with Crippen LogP contribution in [-0.4, -0.2) is 16.0 Å². The summed E-state index contributed by atoms with van der Waals surface area (Å²) in [5.41, 5.74) is 0.280. The van der Waals surface area contributed by atoms with Gasteiger partial charge in [-0.25, -0.2) is 4.98 Å². The molecule has 2 rings (SSSR count). The molecule has 4 nitrogen and oxygen atoms in total. The molecule has 0 amide bonds. The maximum Gasteiger partial charge on any atom is 0.433 e. The number of alkyl halides is 3. The lowest BCUT2D eigenvalue weighted by Crippen LogP contribution is -2.17. The third-order valence-corrected chi connectivity index (χ3v) is 3.22. The molecule has 1 heterocycles. The Morgan fingerprint density at radius 2 is 1.87 bits per heavy atom. The summed E-state index contributed by atoms with van der Waals surface area (Å²) in [6.07, 6.45) is -4.57. The number of aryl methyl sites for hydroxylation is 1. The monoisotopic (exact) mass is 344 g/mol. The molecule has 1 aromatic carbocycles. The molecule has 2 N–H and O–H groups in total. The van der Waals surface area contributed by atoms with Gasteiger partial charge < -0.3 is 10.6 Å². The molecule has 23 heavy (non-hydrogen) atoms. The molecule has 0 aliphatic carbocycles. The fourth-order valence-electron chi connectivity index (χ4n) is 1.90. The van der Waals surface area contributed by atoms with E-state index >= 15 is 0 Å². The maximum absolute atomic E-state index is 13.0. The van der Waals surface area contributed by atoms with E-state index in [1.165, 1.54) is 0 Å². The highest BCUT2D eigenvalue weighted by Crippen LogP contribution is 2.32. The van der Waals surface area contributed by atoms with Gasteiger partial charge in [0.05, 0.1) is 10.7 Å². The first-order chi connectivity index (χ1) is 10.7. The van der Waals surface area contributed by atoms with E-state index < -0.39 is 11.9 Å². The SMILES string of the molecule is Cc1cccc(Cl)c1Nc1cc(C(F)(F)F)nc(NC(C)C)n1. The Morgan fingerprint density at radius 1 is 1.17 bits per heavy atom. The van der Waals surface area contributed by atoms with Crippen molar-refractivity contribution in [3.05, 3.63) is 40.5 Å². The van der Waals surface area contributed by atoms with Crippen LogP contribution in [0.2, 0.25) is 5.02 Å². The highest BCUT2D eigenvalue weighted by atomic mass is 35.5. The Kier molecular flexibility index (Phi) is 4.99. The minimum atomic E-state index is -4.57. The molecule has 0 saturated heterocycles. The van der Waals surface area contributed by atoms with Crippen molar-refractivity contribution in [1.29, 1.82) is 0 Å². The molecular weight excluding hydrogens is 329 g/mol. The molecule has 0 radical (unpaired) electrons. The number of hydrogen-bond donors (Lipinski definition) is 2. The summed E-state index contributed by atoms with van der Waals surface area (Å²) >= 11 is 6.09. The van der Waals surface area contributed by atoms with Crippen LogP contribution in [-0.2, 0) is 6.18 Å². The first kappa shape index (κ1) is 17.3. The lowest BCUT2D eigenvalue weighted by molar-refractivity contribution is -0.141. The standard InChI is InChI=1S/C15H16ClF3N4/c1-8(2)20-14-21-11(15(17,18)19)7-12(23-14)22-13-9(3)5-4-6-10(13)16/h4-8H,1-3H3,(H2,20,21,22,23). The second-order valence-corrected chi connectivity index (χ2v) is 5.72. The van der Waals surface area contributed by atoms with E-state index in [9.17, 15) is 13.2 Å². The van der Waals surface area contributed by atoms with Crippen LogP contribution in [0.3, 0.4) is 0 Å². The minimum Gasteiger partial charge on any atom is -0.352 e. The predicted octanol–water partition coefficient (Wildman–Crippen LogP) is 5.02. The van der Waals surface area contributed by atoms with Crippen molar-refractivity contribution < 1.29 is 13.2 Å². The van der Waals surface area contributed by atoms with Crippen molar-refractivity contribution in [3.8, 4) is 0 Å². The van der Waals surface area contributed by atoms with Crippen LogP contribution in [0.15, 0.2) is 24.3 Å². The van der Waals surface area contributed by atoms with Crippen LogP contribution in [0.25, 0.3) is 0 Å². The van der Waals surface area contributed by atoms with E-state index in [2.05, 4.69) is 20.6 Å². The second kappa shape index (κ2) is 6.62. The van der Waals surface area contributed by atoms with Gasteiger partial charge in [0.1, 0.15) is 5.82 Å². The van der Waals surface area contributed by atoms with Crippen molar-refractivity contribution in [2.75, 3.05) is 10.6 Å². The van der Waals surface area contributed by atoms with E-state index in [0.29, 0.717) is 10.7 Å². The number of rotatable bonds is 4. The topological polar surface area (TPSA) is 49.8 Å². The fourth-order valence-corrected chi connectivity index (χ4v) is 2.17. The Hall–Kier alpha value is -2.02. The predicted molar refractivity (Wildman–Crippen MR) is 85.3 cm³/mol. The first-order valence-corrected chi connectivity index (χ1v) is 7.29.